The fourth-order valence-corrected chi connectivity index (χ4v) is 4.33. The summed E-state index contributed by atoms with van der Waals surface area (Å²) in [6.45, 7) is 2.93. The molecule has 1 aliphatic rings. The van der Waals surface area contributed by atoms with E-state index >= 15 is 0 Å². The monoisotopic (exact) mass is 441 g/mol. The number of methoxy groups -OCH3 is 1. The smallest absolute Gasteiger partial charge is 0.289 e. The van der Waals surface area contributed by atoms with Crippen LogP contribution in [0.25, 0.3) is 16.7 Å². The zero-order valence-electron chi connectivity index (χ0n) is 17.5. The molecule has 0 unspecified atom stereocenters. The number of fused-ring (bicyclic) bond motifs is 2. The van der Waals surface area contributed by atoms with Crippen LogP contribution in [0.4, 0.5) is 8.78 Å². The van der Waals surface area contributed by atoms with Gasteiger partial charge in [0.2, 0.25) is 0 Å². The molecule has 0 aliphatic carbocycles. The summed E-state index contributed by atoms with van der Waals surface area (Å²) in [4.78, 5) is 22.8. The second-order valence-electron chi connectivity index (χ2n) is 7.99. The highest BCUT2D eigenvalue weighted by Gasteiger charge is 2.34. The van der Waals surface area contributed by atoms with E-state index < -0.39 is 6.43 Å². The normalized spacial score (nSPS) is 19.2. The average Bonchev–Trinajstić information content (AvgIpc) is 3.45. The molecule has 1 aliphatic heterocycles. The van der Waals surface area contributed by atoms with Gasteiger partial charge in [-0.05, 0) is 30.5 Å². The van der Waals surface area contributed by atoms with Crippen LogP contribution in [0.5, 0.6) is 5.75 Å². The average molecular weight is 441 g/mol. The molecular formula is C22H21F2N5O3. The van der Waals surface area contributed by atoms with Crippen molar-refractivity contribution >= 4 is 22.7 Å². The van der Waals surface area contributed by atoms with E-state index in [0.717, 1.165) is 5.39 Å². The fraction of sp³-hybridized carbons (Fsp3) is 0.364. The number of hydrogen-bond acceptors (Lipinski definition) is 6. The molecule has 5 rings (SSSR count). The number of benzene rings is 1. The highest BCUT2D eigenvalue weighted by Crippen LogP contribution is 2.35. The quantitative estimate of drug-likeness (QED) is 0.474. The Morgan fingerprint density at radius 3 is 2.94 bits per heavy atom. The van der Waals surface area contributed by atoms with Gasteiger partial charge < -0.3 is 14.1 Å². The summed E-state index contributed by atoms with van der Waals surface area (Å²) < 4.78 is 39.5. The van der Waals surface area contributed by atoms with Gasteiger partial charge in [0.25, 0.3) is 18.1 Å². The van der Waals surface area contributed by atoms with Gasteiger partial charge in [-0.15, -0.1) is 0 Å². The van der Waals surface area contributed by atoms with Crippen molar-refractivity contribution in [1.29, 1.82) is 0 Å². The van der Waals surface area contributed by atoms with E-state index in [4.69, 9.17) is 9.15 Å². The lowest BCUT2D eigenvalue weighted by molar-refractivity contribution is 0.0635. The molecular weight excluding hydrogens is 420 g/mol. The molecule has 166 valence electrons. The van der Waals surface area contributed by atoms with Crippen molar-refractivity contribution in [2.75, 3.05) is 20.2 Å². The molecule has 0 N–H and O–H groups in total. The van der Waals surface area contributed by atoms with Crippen molar-refractivity contribution in [3.63, 3.8) is 0 Å². The Morgan fingerprint density at radius 2 is 2.16 bits per heavy atom. The lowest BCUT2D eigenvalue weighted by Gasteiger charge is -2.36. The van der Waals surface area contributed by atoms with Crippen LogP contribution in [-0.4, -0.2) is 50.6 Å². The molecule has 8 nitrogen and oxygen atoms in total. The topological polar surface area (TPSA) is 85.8 Å². The van der Waals surface area contributed by atoms with Crippen molar-refractivity contribution in [3.05, 3.63) is 53.8 Å². The summed E-state index contributed by atoms with van der Waals surface area (Å²) in [5, 5.41) is 4.94. The lowest BCUT2D eigenvalue weighted by atomic mass is 9.84. The van der Waals surface area contributed by atoms with E-state index in [1.165, 1.54) is 16.9 Å². The second-order valence-corrected chi connectivity index (χ2v) is 7.99. The Kier molecular flexibility index (Phi) is 4.99. The first kappa shape index (κ1) is 20.3. The summed E-state index contributed by atoms with van der Waals surface area (Å²) in [6, 6.07) is 8.52. The van der Waals surface area contributed by atoms with Crippen LogP contribution in [0, 0.1) is 5.92 Å². The number of nitrogens with zero attached hydrogens (tertiary/aromatic N) is 5. The SMILES string of the molecule is COc1cccc2cc(C(=O)N3CC[C@@H](C)[C@H](c4cc(C(F)F)nc5ncnn45)C3)oc12. The highest BCUT2D eigenvalue weighted by atomic mass is 19.3. The first-order valence-electron chi connectivity index (χ1n) is 10.3. The Morgan fingerprint density at radius 1 is 1.31 bits per heavy atom. The minimum atomic E-state index is -2.72. The van der Waals surface area contributed by atoms with Crippen LogP contribution < -0.4 is 4.74 Å². The molecule has 1 fully saturated rings. The molecule has 4 aromatic rings. The van der Waals surface area contributed by atoms with E-state index in [2.05, 4.69) is 15.1 Å². The molecule has 0 saturated carbocycles. The number of carbonyl (C=O) groups excluding carboxylic acids is 1. The standard InChI is InChI=1S/C22H21F2N5O3/c1-12-6-7-28(21(30)18-8-13-4-3-5-17(31-2)19(13)32-18)10-14(12)16-9-15(20(23)24)27-22-25-11-26-29(16)22/h3-5,8-9,11-12,14,20H,6-7,10H2,1-2H3/t12-,14-/m1/s1. The number of furan rings is 1. The number of halogens is 2. The highest BCUT2D eigenvalue weighted by molar-refractivity contribution is 5.97. The van der Waals surface area contributed by atoms with Gasteiger partial charge in [0.1, 0.15) is 12.0 Å². The van der Waals surface area contributed by atoms with E-state index in [0.29, 0.717) is 36.5 Å². The van der Waals surface area contributed by atoms with Crippen molar-refractivity contribution in [3.8, 4) is 5.75 Å². The van der Waals surface area contributed by atoms with Crippen LogP contribution in [0.3, 0.4) is 0 Å². The van der Waals surface area contributed by atoms with Crippen LogP contribution >= 0.6 is 0 Å². The van der Waals surface area contributed by atoms with Gasteiger partial charge in [0.05, 0.1) is 12.8 Å². The molecule has 1 amide bonds. The number of likely N-dealkylation sites (tertiary alicyclic amines) is 1. The number of aromatic nitrogens is 4. The van der Waals surface area contributed by atoms with Gasteiger partial charge in [-0.1, -0.05) is 19.1 Å². The van der Waals surface area contributed by atoms with Gasteiger partial charge >= 0.3 is 0 Å². The lowest BCUT2D eigenvalue weighted by Crippen LogP contribution is -2.42. The van der Waals surface area contributed by atoms with E-state index in [-0.39, 0.29) is 35.0 Å². The number of ether oxygens (including phenoxy) is 1. The van der Waals surface area contributed by atoms with Crippen LogP contribution in [0.1, 0.15) is 47.6 Å². The molecule has 10 heteroatoms. The minimum absolute atomic E-state index is 0.123. The second kappa shape index (κ2) is 7.85. The Bertz CT molecular complexity index is 1300. The van der Waals surface area contributed by atoms with Crippen LogP contribution in [0.15, 0.2) is 41.1 Å². The maximum absolute atomic E-state index is 13.4. The third-order valence-electron chi connectivity index (χ3n) is 6.09. The van der Waals surface area contributed by atoms with Gasteiger partial charge in [0, 0.05) is 24.4 Å². The number of alkyl halides is 2. The third kappa shape index (κ3) is 3.35. The van der Waals surface area contributed by atoms with Crippen molar-refractivity contribution < 1.29 is 22.7 Å². The Balaban J connectivity index is 1.48. The molecule has 4 heterocycles. The number of hydrogen-bond donors (Lipinski definition) is 0. The largest absolute Gasteiger partial charge is 0.493 e. The molecule has 3 aromatic heterocycles. The third-order valence-corrected chi connectivity index (χ3v) is 6.09. The first-order valence-corrected chi connectivity index (χ1v) is 10.3. The molecule has 1 saturated heterocycles. The Labute approximate surface area is 181 Å². The predicted octanol–water partition coefficient (Wildman–Crippen LogP) is 4.08. The number of rotatable bonds is 4. The predicted molar refractivity (Wildman–Crippen MR) is 111 cm³/mol. The summed E-state index contributed by atoms with van der Waals surface area (Å²) >= 11 is 0. The maximum Gasteiger partial charge on any atom is 0.289 e. The van der Waals surface area contributed by atoms with E-state index in [9.17, 15) is 13.6 Å². The van der Waals surface area contributed by atoms with Gasteiger partial charge in [-0.2, -0.15) is 10.1 Å². The van der Waals surface area contributed by atoms with E-state index in [1.807, 2.05) is 19.1 Å². The van der Waals surface area contributed by atoms with Gasteiger partial charge in [-0.3, -0.25) is 4.79 Å². The Hall–Kier alpha value is -3.56. The summed E-state index contributed by atoms with van der Waals surface area (Å²) in [5.74, 6) is 0.575. The number of piperidine rings is 1. The van der Waals surface area contributed by atoms with Crippen LogP contribution in [0.2, 0.25) is 0 Å². The number of carbonyl (C=O) groups is 1. The van der Waals surface area contributed by atoms with Crippen LogP contribution in [-0.2, 0) is 0 Å². The molecule has 2 atom stereocenters. The summed E-state index contributed by atoms with van der Waals surface area (Å²) in [7, 11) is 1.54. The molecule has 0 bridgehead atoms. The number of amides is 1. The van der Waals surface area contributed by atoms with E-state index in [1.54, 1.807) is 24.1 Å². The maximum atomic E-state index is 13.4. The minimum Gasteiger partial charge on any atom is -0.493 e. The van der Waals surface area contributed by atoms with Gasteiger partial charge in [-0.25, -0.2) is 18.3 Å². The molecule has 1 aromatic carbocycles. The first-order chi connectivity index (χ1) is 15.5. The molecule has 0 radical (unpaired) electrons. The van der Waals surface area contributed by atoms with Crippen molar-refractivity contribution in [2.45, 2.75) is 25.7 Å². The number of para-hydroxylation sites is 1. The van der Waals surface area contributed by atoms with Crippen molar-refractivity contribution in [1.82, 2.24) is 24.5 Å². The van der Waals surface area contributed by atoms with Crippen molar-refractivity contribution in [2.24, 2.45) is 5.92 Å². The fourth-order valence-electron chi connectivity index (χ4n) is 4.33. The zero-order chi connectivity index (χ0) is 22.4. The molecule has 0 spiro atoms. The summed E-state index contributed by atoms with van der Waals surface area (Å²) in [5.41, 5.74) is 0.736. The molecule has 32 heavy (non-hydrogen) atoms. The summed E-state index contributed by atoms with van der Waals surface area (Å²) in [6.07, 6.45) is -0.723. The zero-order valence-corrected chi connectivity index (χ0v) is 17.5. The van der Waals surface area contributed by atoms with Gasteiger partial charge in [0.15, 0.2) is 17.1 Å².